The number of nitrogens with zero attached hydrogens (tertiary/aromatic N) is 2. The molecule has 1 amide bonds. The maximum absolute atomic E-state index is 12.1. The van der Waals surface area contributed by atoms with Crippen LogP contribution in [0.4, 0.5) is 0 Å². The second-order valence-corrected chi connectivity index (χ2v) is 6.90. The summed E-state index contributed by atoms with van der Waals surface area (Å²) >= 11 is 0. The normalized spacial score (nSPS) is 28.4. The highest BCUT2D eigenvalue weighted by atomic mass is 16.5. The summed E-state index contributed by atoms with van der Waals surface area (Å²) in [6.45, 7) is 5.12. The molecular formula is C18H26N2O2. The van der Waals surface area contributed by atoms with E-state index in [1.807, 2.05) is 0 Å². The van der Waals surface area contributed by atoms with Crippen molar-refractivity contribution in [2.75, 3.05) is 27.2 Å². The molecule has 4 heteroatoms. The first-order valence-corrected chi connectivity index (χ1v) is 8.17. The number of carbonyl (C=O) groups is 1. The van der Waals surface area contributed by atoms with Crippen molar-refractivity contribution in [2.45, 2.75) is 38.5 Å². The van der Waals surface area contributed by atoms with Crippen molar-refractivity contribution in [3.63, 3.8) is 0 Å². The maximum atomic E-state index is 12.1. The van der Waals surface area contributed by atoms with Gasteiger partial charge in [-0.3, -0.25) is 9.69 Å². The van der Waals surface area contributed by atoms with Crippen LogP contribution in [0.25, 0.3) is 0 Å². The van der Waals surface area contributed by atoms with E-state index >= 15 is 0 Å². The van der Waals surface area contributed by atoms with E-state index in [1.54, 1.807) is 19.0 Å². The van der Waals surface area contributed by atoms with Gasteiger partial charge in [-0.15, -0.1) is 0 Å². The fraction of sp³-hybridized carbons (Fsp3) is 0.611. The monoisotopic (exact) mass is 302 g/mol. The average molecular weight is 302 g/mol. The molecule has 22 heavy (non-hydrogen) atoms. The lowest BCUT2D eigenvalue weighted by molar-refractivity contribution is -0.141. The molecule has 2 aliphatic rings. The van der Waals surface area contributed by atoms with Gasteiger partial charge in [0.25, 0.3) is 5.91 Å². The van der Waals surface area contributed by atoms with Crippen LogP contribution in [0.15, 0.2) is 24.3 Å². The number of carbonyl (C=O) groups excluding carboxylic acids is 1. The molecule has 0 aromatic heterocycles. The zero-order valence-corrected chi connectivity index (χ0v) is 13.8. The highest BCUT2D eigenvalue weighted by molar-refractivity contribution is 5.80. The van der Waals surface area contributed by atoms with E-state index in [0.717, 1.165) is 32.5 Å². The van der Waals surface area contributed by atoms with Gasteiger partial charge in [0.1, 0.15) is 6.10 Å². The molecule has 1 aromatic carbocycles. The molecular weight excluding hydrogens is 276 g/mol. The Balaban J connectivity index is 1.57. The minimum atomic E-state index is -0.232. The lowest BCUT2D eigenvalue weighted by Crippen LogP contribution is -2.42. The van der Waals surface area contributed by atoms with Gasteiger partial charge in [0, 0.05) is 27.2 Å². The molecule has 1 aromatic rings. The number of piperidine rings is 1. The topological polar surface area (TPSA) is 32.8 Å². The largest absolute Gasteiger partial charge is 0.364 e. The summed E-state index contributed by atoms with van der Waals surface area (Å²) < 4.78 is 6.04. The molecule has 3 atom stereocenters. The SMILES string of the molecule is Cc1ccc(CN2CC[C@H]3C[C@H](C(=O)N(C)C)O[C@H]3C2)cc1. The van der Waals surface area contributed by atoms with E-state index < -0.39 is 0 Å². The molecule has 0 bridgehead atoms. The first kappa shape index (κ1) is 15.5. The smallest absolute Gasteiger partial charge is 0.251 e. The van der Waals surface area contributed by atoms with Crippen LogP contribution in [-0.4, -0.2) is 55.1 Å². The third-order valence-corrected chi connectivity index (χ3v) is 4.88. The number of rotatable bonds is 3. The van der Waals surface area contributed by atoms with Gasteiger partial charge >= 0.3 is 0 Å². The number of likely N-dealkylation sites (tertiary alicyclic amines) is 1. The molecule has 0 spiro atoms. The maximum Gasteiger partial charge on any atom is 0.251 e. The van der Waals surface area contributed by atoms with E-state index in [4.69, 9.17) is 4.74 Å². The van der Waals surface area contributed by atoms with Crippen molar-refractivity contribution in [3.8, 4) is 0 Å². The first-order valence-electron chi connectivity index (χ1n) is 8.17. The number of benzene rings is 1. The molecule has 0 saturated carbocycles. The number of hydrogen-bond donors (Lipinski definition) is 0. The Morgan fingerprint density at radius 2 is 2.05 bits per heavy atom. The quantitative estimate of drug-likeness (QED) is 0.857. The van der Waals surface area contributed by atoms with Crippen LogP contribution in [0.2, 0.25) is 0 Å². The molecule has 120 valence electrons. The van der Waals surface area contributed by atoms with E-state index in [1.165, 1.54) is 11.1 Å². The first-order chi connectivity index (χ1) is 10.5. The van der Waals surface area contributed by atoms with Gasteiger partial charge in [0.2, 0.25) is 0 Å². The van der Waals surface area contributed by atoms with E-state index in [-0.39, 0.29) is 18.1 Å². The summed E-state index contributed by atoms with van der Waals surface area (Å²) in [5, 5.41) is 0. The zero-order valence-electron chi connectivity index (χ0n) is 13.8. The zero-order chi connectivity index (χ0) is 15.7. The van der Waals surface area contributed by atoms with Crippen molar-refractivity contribution in [1.82, 2.24) is 9.80 Å². The number of aryl methyl sites for hydroxylation is 1. The van der Waals surface area contributed by atoms with Crippen LogP contribution in [0.5, 0.6) is 0 Å². The highest BCUT2D eigenvalue weighted by Gasteiger charge is 2.42. The molecule has 2 fully saturated rings. The van der Waals surface area contributed by atoms with Crippen LogP contribution in [-0.2, 0) is 16.1 Å². The Morgan fingerprint density at radius 3 is 2.73 bits per heavy atom. The van der Waals surface area contributed by atoms with Crippen LogP contribution in [0.3, 0.4) is 0 Å². The second kappa shape index (κ2) is 6.39. The van der Waals surface area contributed by atoms with E-state index in [9.17, 15) is 4.79 Å². The van der Waals surface area contributed by atoms with Crippen molar-refractivity contribution < 1.29 is 9.53 Å². The standard InChI is InChI=1S/C18H26N2O2/c1-13-4-6-14(7-5-13)11-20-9-8-15-10-16(18(21)19(2)3)22-17(15)12-20/h4-7,15-17H,8-12H2,1-3H3/t15-,16+,17-/m0/s1. The predicted octanol–water partition coefficient (Wildman–Crippen LogP) is 2.06. The van der Waals surface area contributed by atoms with Crippen LogP contribution < -0.4 is 0 Å². The predicted molar refractivity (Wildman–Crippen MR) is 86.5 cm³/mol. The van der Waals surface area contributed by atoms with Crippen molar-refractivity contribution in [1.29, 1.82) is 0 Å². The third kappa shape index (κ3) is 3.33. The Kier molecular flexibility index (Phi) is 4.50. The van der Waals surface area contributed by atoms with Gasteiger partial charge in [0.05, 0.1) is 6.10 Å². The minimum Gasteiger partial charge on any atom is -0.364 e. The second-order valence-electron chi connectivity index (χ2n) is 6.90. The number of amides is 1. The van der Waals surface area contributed by atoms with Gasteiger partial charge in [-0.25, -0.2) is 0 Å². The summed E-state index contributed by atoms with van der Waals surface area (Å²) in [7, 11) is 3.61. The summed E-state index contributed by atoms with van der Waals surface area (Å²) in [6.07, 6.45) is 2.01. The minimum absolute atomic E-state index is 0.111. The fourth-order valence-corrected chi connectivity index (χ4v) is 3.54. The lowest BCUT2D eigenvalue weighted by Gasteiger charge is -2.34. The van der Waals surface area contributed by atoms with Gasteiger partial charge in [0.15, 0.2) is 0 Å². The molecule has 0 unspecified atom stereocenters. The third-order valence-electron chi connectivity index (χ3n) is 4.88. The molecule has 4 nitrogen and oxygen atoms in total. The van der Waals surface area contributed by atoms with Crippen LogP contribution in [0.1, 0.15) is 24.0 Å². The average Bonchev–Trinajstić information content (AvgIpc) is 2.91. The van der Waals surface area contributed by atoms with Gasteiger partial charge in [-0.1, -0.05) is 29.8 Å². The van der Waals surface area contributed by atoms with Crippen molar-refractivity contribution in [2.24, 2.45) is 5.92 Å². The van der Waals surface area contributed by atoms with E-state index in [2.05, 4.69) is 36.1 Å². The summed E-state index contributed by atoms with van der Waals surface area (Å²) in [4.78, 5) is 16.2. The molecule has 0 radical (unpaired) electrons. The molecule has 2 aliphatic heterocycles. The molecule has 2 heterocycles. The Morgan fingerprint density at radius 1 is 1.32 bits per heavy atom. The van der Waals surface area contributed by atoms with Crippen molar-refractivity contribution in [3.05, 3.63) is 35.4 Å². The molecule has 2 saturated heterocycles. The van der Waals surface area contributed by atoms with Crippen molar-refractivity contribution >= 4 is 5.91 Å². The van der Waals surface area contributed by atoms with Gasteiger partial charge in [-0.2, -0.15) is 0 Å². The molecule has 0 aliphatic carbocycles. The van der Waals surface area contributed by atoms with Gasteiger partial charge in [-0.05, 0) is 37.8 Å². The van der Waals surface area contributed by atoms with Crippen LogP contribution >= 0.6 is 0 Å². The Labute approximate surface area is 133 Å². The molecule has 3 rings (SSSR count). The summed E-state index contributed by atoms with van der Waals surface area (Å²) in [5.74, 6) is 0.655. The molecule has 0 N–H and O–H groups in total. The summed E-state index contributed by atoms with van der Waals surface area (Å²) in [5.41, 5.74) is 2.65. The lowest BCUT2D eigenvalue weighted by atomic mass is 9.91. The summed E-state index contributed by atoms with van der Waals surface area (Å²) in [6, 6.07) is 8.74. The number of ether oxygens (including phenoxy) is 1. The Hall–Kier alpha value is -1.39. The number of fused-ring (bicyclic) bond motifs is 1. The number of hydrogen-bond acceptors (Lipinski definition) is 3. The fourth-order valence-electron chi connectivity index (χ4n) is 3.54. The van der Waals surface area contributed by atoms with Gasteiger partial charge < -0.3 is 9.64 Å². The van der Waals surface area contributed by atoms with Crippen LogP contribution in [0, 0.1) is 12.8 Å². The number of likely N-dealkylation sites (N-methyl/N-ethyl adjacent to an activating group) is 1. The highest BCUT2D eigenvalue weighted by Crippen LogP contribution is 2.34. The Bertz CT molecular complexity index is 526. The van der Waals surface area contributed by atoms with E-state index in [0.29, 0.717) is 5.92 Å².